The van der Waals surface area contributed by atoms with Crippen LogP contribution in [0.4, 0.5) is 0 Å². The molecule has 2 amide bonds. The van der Waals surface area contributed by atoms with E-state index in [-0.39, 0.29) is 72.7 Å². The Kier molecular flexibility index (Phi) is 29.8. The molecule has 8 aromatic rings. The molecular formula is C108H116N2O29. The predicted molar refractivity (Wildman–Crippen MR) is 496 cm³/mol. The SMILES string of the molecule is CC(=O)O[C@@]12CO[C@@H]1C[C@H](O)[C@@]1(C)C(=O)[C@H](O)C3=C(C)[C@@H](OC(=O)[C@H](OCOCc4ccccc4)[C@@H](NC(=O)c4ccccc4)c4ccccc4)C[C@@](O)([C@@H](OC(=O)c4ccccc4)C12)C3(C)C.CC(=O)O[C@H]1C(=O)[C@@]2(C)C([C@H](OC(=O)c3ccccc3)[C@]3(O)C[C@H](OC(=O)[C@H](OCOCc4ccccc4)[C@@H](NC(=O)c4ccccc4)c4ccccc4)C(C)=C1C3(C)C)[C@]1(OC(C)=O)CO[C@@H]1C[C@@H]2O. The molecule has 8 aliphatic rings. The van der Waals surface area contributed by atoms with Gasteiger partial charge in [0.1, 0.15) is 67.5 Å². The van der Waals surface area contributed by atoms with Crippen LogP contribution >= 0.6 is 0 Å². The number of carbonyl (C=O) groups excluding carboxylic acids is 11. The number of rotatable bonds is 29. The topological polar surface area (TPSA) is 433 Å². The quantitative estimate of drug-likeness (QED) is 0.00752. The number of hydrogen-bond donors (Lipinski definition) is 7. The molecule has 8 aromatic carbocycles. The van der Waals surface area contributed by atoms with Crippen LogP contribution in [0.3, 0.4) is 0 Å². The molecule has 2 unspecified atom stereocenters. The summed E-state index contributed by atoms with van der Waals surface area (Å²) in [6.45, 7) is 14.5. The lowest BCUT2D eigenvalue weighted by atomic mass is 9.44. The van der Waals surface area contributed by atoms with Crippen molar-refractivity contribution >= 4 is 65.2 Å². The fourth-order valence-corrected chi connectivity index (χ4v) is 22.1. The zero-order valence-electron chi connectivity index (χ0n) is 78.9. The molecule has 0 radical (unpaired) electrons. The second-order valence-electron chi connectivity index (χ2n) is 38.3. The van der Waals surface area contributed by atoms with E-state index in [1.165, 1.54) is 52.0 Å². The van der Waals surface area contributed by atoms with Crippen LogP contribution in [0.15, 0.2) is 265 Å². The molecule has 139 heavy (non-hydrogen) atoms. The highest BCUT2D eigenvalue weighted by molar-refractivity contribution is 5.98. The van der Waals surface area contributed by atoms with Gasteiger partial charge >= 0.3 is 41.8 Å². The largest absolute Gasteiger partial charge is 0.456 e. The van der Waals surface area contributed by atoms with Crippen LogP contribution in [0, 0.1) is 33.5 Å². The standard InChI is InChI=1S/C55H59NO15.C53H57NO14/c1-32-39(69-51(63)45(67-31-65-29-35-19-11-7-12-20-35)43(36-21-13-8-14-22-36)56-49(61)37-23-15-9-16-24-37)28-55(64)48(70-50(62)38-25-17-10-18-26-38)46-53(6,40(59)27-41-54(46,30-66-41)71-34(3)58)47(60)44(68-33(2)57)42(32)52(55,4)5;1-31-37(66-49(61)43(65-30-63-28-33-18-10-6-11-19-33)41(34-20-12-7-13-21-34)54-47(59)35-22-14-8-15-23-35)27-53(62)46(67-48(60)36-24-16-9-17-25-36)44-51(5,45(58)42(57)40(31)50(53,3)4)38(56)26-39-52(44,29-64-39)68-32(2)55/h7-26,39-41,43-46,48,59,64H,27-31H2,1-6H3,(H,56,61);6-25,37-39,41-44,46,56-57,62H,26-30H2,1-5H3,(H,54,59)/t39-,40-,41+,43-,44+,45+,46?,48-,53+,54-,55+;37-,38-,39+,41-,42+,43+,44?,46-,51+,52-,53+/m00/s1. The van der Waals surface area contributed by atoms with E-state index in [0.29, 0.717) is 22.3 Å². The highest BCUT2D eigenvalue weighted by Gasteiger charge is 2.81. The summed E-state index contributed by atoms with van der Waals surface area (Å²) in [6, 6.07) is 66.1. The van der Waals surface area contributed by atoms with E-state index < -0.39 is 233 Å². The number of nitrogens with one attached hydrogen (secondary N) is 2. The van der Waals surface area contributed by atoms with Crippen molar-refractivity contribution in [1.29, 1.82) is 0 Å². The summed E-state index contributed by atoms with van der Waals surface area (Å²) in [5.41, 5.74) is -11.9. The minimum Gasteiger partial charge on any atom is -0.456 e. The molecule has 4 saturated carbocycles. The number of benzene rings is 8. The molecular weight excluding hydrogens is 1790 g/mol. The van der Waals surface area contributed by atoms with Gasteiger partial charge in [-0.25, -0.2) is 19.2 Å². The van der Waals surface area contributed by atoms with Crippen molar-refractivity contribution in [3.8, 4) is 0 Å². The number of amides is 2. The molecule has 4 bridgehead atoms. The van der Waals surface area contributed by atoms with Crippen molar-refractivity contribution in [3.63, 3.8) is 0 Å². The number of carbonyl (C=O) groups is 11. The van der Waals surface area contributed by atoms with E-state index in [2.05, 4.69) is 10.6 Å². The van der Waals surface area contributed by atoms with E-state index >= 15 is 19.2 Å². The summed E-state index contributed by atoms with van der Waals surface area (Å²) in [7, 11) is 0. The van der Waals surface area contributed by atoms with Gasteiger partial charge in [-0.1, -0.05) is 222 Å². The molecule has 31 heteroatoms. The summed E-state index contributed by atoms with van der Waals surface area (Å²) in [5.74, 6) is -12.2. The van der Waals surface area contributed by atoms with Gasteiger partial charge < -0.3 is 97.7 Å². The minimum atomic E-state index is -2.40. The van der Waals surface area contributed by atoms with Crippen LogP contribution < -0.4 is 10.6 Å². The zero-order valence-corrected chi connectivity index (χ0v) is 78.9. The van der Waals surface area contributed by atoms with Gasteiger partial charge in [-0.2, -0.15) is 0 Å². The van der Waals surface area contributed by atoms with Crippen LogP contribution in [-0.2, 0) is 108 Å². The highest BCUT2D eigenvalue weighted by atomic mass is 16.7. The number of hydrogen-bond acceptors (Lipinski definition) is 29. The molecule has 0 spiro atoms. The van der Waals surface area contributed by atoms with Crippen LogP contribution in [0.1, 0.15) is 178 Å². The Morgan fingerprint density at radius 2 is 0.734 bits per heavy atom. The Morgan fingerprint density at radius 3 is 1.07 bits per heavy atom. The zero-order chi connectivity index (χ0) is 99.5. The summed E-state index contributed by atoms with van der Waals surface area (Å²) in [6.07, 6.45) is -20.2. The van der Waals surface area contributed by atoms with Gasteiger partial charge in [-0.3, -0.25) is 33.6 Å². The first-order valence-corrected chi connectivity index (χ1v) is 46.3. The van der Waals surface area contributed by atoms with Gasteiger partial charge in [-0.15, -0.1) is 0 Å². The maximum Gasteiger partial charge on any atom is 0.338 e. The number of aliphatic hydroxyl groups is 5. The van der Waals surface area contributed by atoms with E-state index in [9.17, 15) is 59.1 Å². The Bertz CT molecular complexity index is 5910. The first kappa shape index (κ1) is 101. The summed E-state index contributed by atoms with van der Waals surface area (Å²) in [5, 5.41) is 70.3. The second kappa shape index (κ2) is 41.0. The number of aliphatic hydroxyl groups excluding tert-OH is 3. The third-order valence-corrected chi connectivity index (χ3v) is 29.5. The van der Waals surface area contributed by atoms with Gasteiger partial charge in [-0.05, 0) is 121 Å². The molecule has 2 aliphatic heterocycles. The van der Waals surface area contributed by atoms with Crippen molar-refractivity contribution in [2.75, 3.05) is 26.8 Å². The number of Topliss-reactive ketones (excluding diaryl/α,β-unsaturated/α-hetero) is 2. The van der Waals surface area contributed by atoms with Crippen LogP contribution in [-0.4, -0.2) is 213 Å². The Morgan fingerprint density at radius 1 is 0.410 bits per heavy atom. The number of ether oxygens (including phenoxy) is 13. The molecule has 2 heterocycles. The van der Waals surface area contributed by atoms with E-state index in [0.717, 1.165) is 18.1 Å². The summed E-state index contributed by atoms with van der Waals surface area (Å²) < 4.78 is 80.2. The first-order chi connectivity index (χ1) is 66.3. The highest BCUT2D eigenvalue weighted by Crippen LogP contribution is 2.67. The van der Waals surface area contributed by atoms with Crippen molar-refractivity contribution < 1.29 is 140 Å². The second-order valence-corrected chi connectivity index (χ2v) is 38.3. The third-order valence-electron chi connectivity index (χ3n) is 29.5. The first-order valence-electron chi connectivity index (χ1n) is 46.3. The summed E-state index contributed by atoms with van der Waals surface area (Å²) >= 11 is 0. The van der Waals surface area contributed by atoms with E-state index in [4.69, 9.17) is 61.6 Å². The average molecular weight is 1910 g/mol. The molecule has 31 nitrogen and oxygen atoms in total. The summed E-state index contributed by atoms with van der Waals surface area (Å²) in [4.78, 5) is 157. The van der Waals surface area contributed by atoms with Gasteiger partial charge in [0.2, 0.25) is 0 Å². The van der Waals surface area contributed by atoms with Crippen LogP contribution in [0.5, 0.6) is 0 Å². The Labute approximate surface area is 804 Å². The molecule has 2 saturated heterocycles. The van der Waals surface area contributed by atoms with Gasteiger partial charge in [0.15, 0.2) is 41.1 Å². The van der Waals surface area contributed by atoms with Gasteiger partial charge in [0.25, 0.3) is 11.8 Å². The Hall–Kier alpha value is -12.6. The maximum atomic E-state index is 15.7. The van der Waals surface area contributed by atoms with Crippen LogP contribution in [0.25, 0.3) is 0 Å². The molecule has 22 atom stereocenters. The van der Waals surface area contributed by atoms with Crippen LogP contribution in [0.2, 0.25) is 0 Å². The third kappa shape index (κ3) is 19.2. The fourth-order valence-electron chi connectivity index (χ4n) is 22.1. The lowest BCUT2D eigenvalue weighted by Crippen LogP contribution is -2.82. The fraction of sp³-hybridized carbons (Fsp3) is 0.417. The molecule has 6 aliphatic carbocycles. The average Bonchev–Trinajstić information content (AvgIpc) is 0.668. The monoisotopic (exact) mass is 1900 g/mol. The molecule has 0 aromatic heterocycles. The molecule has 732 valence electrons. The van der Waals surface area contributed by atoms with Crippen molar-refractivity contribution in [1.82, 2.24) is 10.6 Å². The number of ketones is 2. The van der Waals surface area contributed by atoms with Crippen molar-refractivity contribution in [2.24, 2.45) is 33.5 Å². The van der Waals surface area contributed by atoms with E-state index in [1.54, 1.807) is 199 Å². The number of fused-ring (bicyclic) bond motifs is 10. The van der Waals surface area contributed by atoms with Gasteiger partial charge in [0, 0.05) is 68.4 Å². The van der Waals surface area contributed by atoms with Crippen molar-refractivity contribution in [2.45, 2.75) is 223 Å². The lowest BCUT2D eigenvalue weighted by molar-refractivity contribution is -0.346. The normalized spacial score (nSPS) is 29.7. The lowest BCUT2D eigenvalue weighted by Gasteiger charge is -2.67. The van der Waals surface area contributed by atoms with E-state index in [1.807, 2.05) is 60.7 Å². The predicted octanol–water partition coefficient (Wildman–Crippen LogP) is 11.3. The van der Waals surface area contributed by atoms with Gasteiger partial charge in [0.05, 0.1) is 84.5 Å². The maximum absolute atomic E-state index is 15.7. The number of esters is 7. The molecule has 7 N–H and O–H groups in total. The minimum absolute atomic E-state index is 0.0195. The Balaban J connectivity index is 0.000000211. The smallest absolute Gasteiger partial charge is 0.338 e. The van der Waals surface area contributed by atoms with Crippen molar-refractivity contribution in [3.05, 3.63) is 309 Å². The molecule has 6 fully saturated rings. The molecule has 16 rings (SSSR count).